The molecule has 0 fully saturated rings. The zero-order valence-electron chi connectivity index (χ0n) is 34.7. The van der Waals surface area contributed by atoms with Gasteiger partial charge in [-0.2, -0.15) is 0 Å². The van der Waals surface area contributed by atoms with E-state index in [2.05, 4.69) is 266 Å². The summed E-state index contributed by atoms with van der Waals surface area (Å²) in [6.07, 6.45) is 0. The van der Waals surface area contributed by atoms with Crippen LogP contribution in [0.15, 0.2) is 265 Å². The van der Waals surface area contributed by atoms with Gasteiger partial charge < -0.3 is 9.32 Å². The Hall–Kier alpha value is -7.98. The number of para-hydroxylation sites is 2. The average Bonchev–Trinajstić information content (AvgIpc) is 3.76. The van der Waals surface area contributed by atoms with Gasteiger partial charge in [0.2, 0.25) is 0 Å². The van der Waals surface area contributed by atoms with Crippen LogP contribution in [0.1, 0.15) is 0 Å². The molecule has 3 heteroatoms. The topological polar surface area (TPSA) is 16.4 Å². The first-order valence-corrected chi connectivity index (χ1v) is 23.6. The molecule has 0 saturated carbocycles. The summed E-state index contributed by atoms with van der Waals surface area (Å²) < 4.78 is 7.00. The summed E-state index contributed by atoms with van der Waals surface area (Å²) in [6, 6.07) is 94.5. The van der Waals surface area contributed by atoms with E-state index in [0.29, 0.717) is 0 Å². The van der Waals surface area contributed by atoms with E-state index in [1.165, 1.54) is 37.4 Å². The smallest absolute Gasteiger partial charge is 0.179 e. The summed E-state index contributed by atoms with van der Waals surface area (Å²) in [5.74, 6) is 0. The second-order valence-corrected chi connectivity index (χ2v) is 19.8. The molecule has 10 aromatic carbocycles. The zero-order valence-corrected chi connectivity index (χ0v) is 35.7. The summed E-state index contributed by atoms with van der Waals surface area (Å²) in [4.78, 5) is 2.33. The number of hydrogen-bond acceptors (Lipinski definition) is 2. The van der Waals surface area contributed by atoms with Gasteiger partial charge in [-0.3, -0.25) is 0 Å². The lowest BCUT2D eigenvalue weighted by Crippen LogP contribution is -2.74. The van der Waals surface area contributed by atoms with E-state index in [4.69, 9.17) is 4.42 Å². The Balaban J connectivity index is 1.05. The SMILES string of the molecule is c1ccc(-c2ccc(N(c3ccc(-c4cccc([Si](c5ccccc5)(c5ccccc5)c5ccccc5)c4)cc3)c3cccc4c3oc3c(-c5ccccc5)cccc34)cc2)cc1. The van der Waals surface area contributed by atoms with Gasteiger partial charge in [-0.05, 0) is 78.9 Å². The van der Waals surface area contributed by atoms with Crippen molar-refractivity contribution in [2.75, 3.05) is 4.90 Å². The molecule has 0 aliphatic heterocycles. The van der Waals surface area contributed by atoms with E-state index in [9.17, 15) is 0 Å². The van der Waals surface area contributed by atoms with Gasteiger partial charge in [-0.25, -0.2) is 0 Å². The summed E-state index contributed by atoms with van der Waals surface area (Å²) in [6.45, 7) is 0. The molecule has 0 spiro atoms. The van der Waals surface area contributed by atoms with Crippen LogP contribution < -0.4 is 25.6 Å². The molecule has 0 amide bonds. The second kappa shape index (κ2) is 16.5. The van der Waals surface area contributed by atoms with Crippen LogP contribution >= 0.6 is 0 Å². The average molecular weight is 822 g/mol. The summed E-state index contributed by atoms with van der Waals surface area (Å²) >= 11 is 0. The Labute approximate surface area is 369 Å². The summed E-state index contributed by atoms with van der Waals surface area (Å²) in [5, 5.41) is 7.61. The lowest BCUT2D eigenvalue weighted by molar-refractivity contribution is 0.670. The Morgan fingerprint density at radius 3 is 1.22 bits per heavy atom. The van der Waals surface area contributed by atoms with E-state index in [-0.39, 0.29) is 0 Å². The highest BCUT2D eigenvalue weighted by molar-refractivity contribution is 7.19. The molecule has 0 aliphatic carbocycles. The van der Waals surface area contributed by atoms with Gasteiger partial charge in [-0.15, -0.1) is 0 Å². The highest BCUT2D eigenvalue weighted by atomic mass is 28.3. The van der Waals surface area contributed by atoms with Crippen LogP contribution in [0.25, 0.3) is 55.3 Å². The van der Waals surface area contributed by atoms with E-state index < -0.39 is 8.07 Å². The van der Waals surface area contributed by atoms with Crippen molar-refractivity contribution in [1.82, 2.24) is 0 Å². The Bertz CT molecular complexity index is 3200. The number of hydrogen-bond donors (Lipinski definition) is 0. The fraction of sp³-hybridized carbons (Fsp3) is 0. The molecule has 1 heterocycles. The molecule has 0 bridgehead atoms. The fourth-order valence-electron chi connectivity index (χ4n) is 9.49. The highest BCUT2D eigenvalue weighted by Gasteiger charge is 2.41. The largest absolute Gasteiger partial charge is 0.453 e. The molecule has 0 aliphatic rings. The number of nitrogens with zero attached hydrogens (tertiary/aromatic N) is 1. The Morgan fingerprint density at radius 2 is 0.683 bits per heavy atom. The number of benzene rings is 10. The second-order valence-electron chi connectivity index (χ2n) is 16.0. The first-order valence-electron chi connectivity index (χ1n) is 21.6. The van der Waals surface area contributed by atoms with Crippen LogP contribution in [0.5, 0.6) is 0 Å². The first-order chi connectivity index (χ1) is 31.3. The lowest BCUT2D eigenvalue weighted by Gasteiger charge is -2.34. The van der Waals surface area contributed by atoms with Crippen molar-refractivity contribution in [1.29, 1.82) is 0 Å². The third kappa shape index (κ3) is 6.86. The molecule has 1 aromatic heterocycles. The minimum absolute atomic E-state index is 0.851. The predicted molar refractivity (Wildman–Crippen MR) is 268 cm³/mol. The third-order valence-electron chi connectivity index (χ3n) is 12.4. The first kappa shape index (κ1) is 38.0. The van der Waals surface area contributed by atoms with Crippen molar-refractivity contribution in [3.8, 4) is 33.4 Å². The van der Waals surface area contributed by atoms with Gasteiger partial charge in [0.05, 0.1) is 5.69 Å². The van der Waals surface area contributed by atoms with Gasteiger partial charge >= 0.3 is 0 Å². The zero-order chi connectivity index (χ0) is 42.0. The number of rotatable bonds is 10. The molecule has 298 valence electrons. The van der Waals surface area contributed by atoms with Crippen LogP contribution in [0.2, 0.25) is 0 Å². The molecule has 2 nitrogen and oxygen atoms in total. The predicted octanol–water partition coefficient (Wildman–Crippen LogP) is 13.4. The van der Waals surface area contributed by atoms with Gasteiger partial charge in [0.15, 0.2) is 13.7 Å². The van der Waals surface area contributed by atoms with Crippen LogP contribution in [0.3, 0.4) is 0 Å². The van der Waals surface area contributed by atoms with Crippen molar-refractivity contribution in [3.05, 3.63) is 261 Å². The molecule has 0 atom stereocenters. The minimum Gasteiger partial charge on any atom is -0.453 e. The molecule has 0 radical (unpaired) electrons. The van der Waals surface area contributed by atoms with E-state index in [0.717, 1.165) is 55.7 Å². The maximum atomic E-state index is 7.00. The summed E-state index contributed by atoms with van der Waals surface area (Å²) in [5.41, 5.74) is 11.7. The Morgan fingerprint density at radius 1 is 0.286 bits per heavy atom. The van der Waals surface area contributed by atoms with Crippen molar-refractivity contribution in [2.24, 2.45) is 0 Å². The molecule has 0 unspecified atom stereocenters. The van der Waals surface area contributed by atoms with Crippen LogP contribution in [0, 0.1) is 0 Å². The van der Waals surface area contributed by atoms with E-state index in [1.807, 2.05) is 0 Å². The van der Waals surface area contributed by atoms with Crippen LogP contribution in [-0.2, 0) is 0 Å². The van der Waals surface area contributed by atoms with Gasteiger partial charge in [0.25, 0.3) is 0 Å². The lowest BCUT2D eigenvalue weighted by atomic mass is 10.0. The quantitative estimate of drug-likeness (QED) is 0.101. The van der Waals surface area contributed by atoms with Crippen LogP contribution in [0.4, 0.5) is 17.1 Å². The molecule has 11 aromatic rings. The maximum Gasteiger partial charge on any atom is 0.179 e. The van der Waals surface area contributed by atoms with Crippen LogP contribution in [-0.4, -0.2) is 8.07 Å². The molecule has 0 N–H and O–H groups in total. The molecule has 11 rings (SSSR count). The van der Waals surface area contributed by atoms with Crippen molar-refractivity contribution in [2.45, 2.75) is 0 Å². The third-order valence-corrected chi connectivity index (χ3v) is 17.2. The maximum absolute atomic E-state index is 7.00. The van der Waals surface area contributed by atoms with Crippen molar-refractivity contribution >= 4 is 67.8 Å². The van der Waals surface area contributed by atoms with Gasteiger partial charge in [-0.1, -0.05) is 231 Å². The normalized spacial score (nSPS) is 11.5. The molecular formula is C60H43NOSi. The van der Waals surface area contributed by atoms with Gasteiger partial charge in [0, 0.05) is 27.7 Å². The molecular weight excluding hydrogens is 779 g/mol. The summed E-state index contributed by atoms with van der Waals surface area (Å²) in [7, 11) is -2.70. The molecule has 0 saturated heterocycles. The standard InChI is InChI=1S/C60H43NOSi/c1-6-19-44(20-7-1)45-35-39-49(40-36-45)61(58-34-18-33-57-56-32-17-31-55(59(56)62-60(57)58)47-21-8-2-9-22-47)50-41-37-46(38-42-50)48-23-16-30-54(43-48)63(51-24-10-3-11-25-51,52-26-12-4-13-27-52)53-28-14-5-15-29-53/h1-43H. The number of fused-ring (bicyclic) bond motifs is 3. The Kier molecular flexibility index (Phi) is 9.93. The van der Waals surface area contributed by atoms with E-state index >= 15 is 0 Å². The fourth-order valence-corrected chi connectivity index (χ4v) is 14.3. The van der Waals surface area contributed by atoms with Crippen molar-refractivity contribution < 1.29 is 4.42 Å². The minimum atomic E-state index is -2.70. The van der Waals surface area contributed by atoms with Gasteiger partial charge in [0.1, 0.15) is 5.58 Å². The number of anilines is 3. The monoisotopic (exact) mass is 821 g/mol. The molecule has 63 heavy (non-hydrogen) atoms. The number of furan rings is 1. The van der Waals surface area contributed by atoms with E-state index in [1.54, 1.807) is 0 Å². The highest BCUT2D eigenvalue weighted by Crippen LogP contribution is 2.44. The van der Waals surface area contributed by atoms with Crippen molar-refractivity contribution in [3.63, 3.8) is 0 Å².